The quantitative estimate of drug-likeness (QED) is 0.126. The molecule has 0 aromatic heterocycles. The highest BCUT2D eigenvalue weighted by molar-refractivity contribution is 6.26. The molecule has 0 atom stereocenters. The molecule has 0 heteroatoms. The summed E-state index contributed by atoms with van der Waals surface area (Å²) in [5, 5.41) is 23.0. The fraction of sp³-hybridized carbons (Fsp3) is 0.106. The molecule has 0 unspecified atom stereocenters. The van der Waals surface area contributed by atoms with E-state index in [1.165, 1.54) is 297 Å². The fourth-order valence-electron chi connectivity index (χ4n) is 24.5. The van der Waals surface area contributed by atoms with E-state index in [1.54, 1.807) is 0 Å². The Bertz CT molecular complexity index is 9360. The largest absolute Gasteiger partial charge is 0.0619 e. The molecule has 0 saturated carbocycles. The van der Waals surface area contributed by atoms with E-state index in [0.29, 0.717) is 0 Å². The molecule has 27 rings (SSSR count). The number of hydrogen-bond donors (Lipinski definition) is 0. The summed E-state index contributed by atoms with van der Waals surface area (Å²) in [6.45, 7) is 27.4. The maximum Gasteiger partial charge on any atom is 0.0158 e. The Morgan fingerprint density at radius 3 is 0.709 bits per heavy atom. The van der Waals surface area contributed by atoms with Crippen LogP contribution in [0.25, 0.3) is 230 Å². The molecular weight excluding hydrogens is 1690 g/mol. The molecule has 0 N–H and O–H groups in total. The normalized spacial score (nSPS) is 13.3. The van der Waals surface area contributed by atoms with Crippen LogP contribution in [-0.2, 0) is 16.2 Å². The predicted octanol–water partition coefficient (Wildman–Crippen LogP) is 39.2. The number of aryl methyl sites for hydroxylation is 5. The van der Waals surface area contributed by atoms with Gasteiger partial charge < -0.3 is 0 Å². The van der Waals surface area contributed by atoms with Crippen molar-refractivity contribution in [2.75, 3.05) is 0 Å². The summed E-state index contributed by atoms with van der Waals surface area (Å²) >= 11 is 0. The first-order valence-corrected chi connectivity index (χ1v) is 50.1. The summed E-state index contributed by atoms with van der Waals surface area (Å²) in [5.41, 5.74) is 47.2. The third-order valence-electron chi connectivity index (χ3n) is 32.3. The molecule has 0 nitrogen and oxygen atoms in total. The Balaban J connectivity index is 0.000000111. The lowest BCUT2D eigenvalue weighted by Crippen LogP contribution is -2.14. The fourth-order valence-corrected chi connectivity index (χ4v) is 24.5. The molecule has 0 saturated heterocycles. The van der Waals surface area contributed by atoms with Crippen LogP contribution < -0.4 is 0 Å². The van der Waals surface area contributed by atoms with Crippen molar-refractivity contribution in [3.63, 3.8) is 0 Å². The summed E-state index contributed by atoms with van der Waals surface area (Å²) in [6, 6.07) is 164. The van der Waals surface area contributed by atoms with Gasteiger partial charge in [0.1, 0.15) is 0 Å². The second-order valence-corrected chi connectivity index (χ2v) is 41.5. The molecule has 3 aliphatic rings. The molecule has 0 fully saturated rings. The number of fused-ring (bicyclic) bond motifs is 18. The number of rotatable bonds is 9. The van der Waals surface area contributed by atoms with Gasteiger partial charge in [0.25, 0.3) is 0 Å². The van der Waals surface area contributed by atoms with Gasteiger partial charge in [0.2, 0.25) is 0 Å². The molecule has 3 aliphatic carbocycles. The summed E-state index contributed by atoms with van der Waals surface area (Å²) in [5.74, 6) is 0. The Morgan fingerprint density at radius 1 is 0.135 bits per heavy atom. The Morgan fingerprint density at radius 2 is 0.369 bits per heavy atom. The number of hydrogen-bond acceptors (Lipinski definition) is 0. The average Bonchev–Trinajstić information content (AvgIpc) is 1.62. The first kappa shape index (κ1) is 86.2. The van der Waals surface area contributed by atoms with Crippen molar-refractivity contribution in [3.8, 4) is 134 Å². The smallest absolute Gasteiger partial charge is 0.0158 e. The van der Waals surface area contributed by atoms with E-state index < -0.39 is 0 Å². The van der Waals surface area contributed by atoms with Crippen molar-refractivity contribution in [1.29, 1.82) is 0 Å². The maximum atomic E-state index is 2.46. The minimum absolute atomic E-state index is 0.0207. The zero-order valence-corrected chi connectivity index (χ0v) is 82.1. The molecule has 24 aromatic carbocycles. The third kappa shape index (κ3) is 14.2. The monoisotopic (exact) mass is 1800 g/mol. The van der Waals surface area contributed by atoms with Gasteiger partial charge in [-0.15, -0.1) is 0 Å². The second kappa shape index (κ2) is 33.5. The molecule has 0 bridgehead atoms. The summed E-state index contributed by atoms with van der Waals surface area (Å²) in [4.78, 5) is 0. The average molecular weight is 1800 g/mol. The van der Waals surface area contributed by atoms with E-state index in [1.807, 2.05) is 0 Å². The Labute approximate surface area is 827 Å². The van der Waals surface area contributed by atoms with Gasteiger partial charge in [-0.1, -0.05) is 429 Å². The lowest BCUT2D eigenvalue weighted by atomic mass is 9.81. The van der Waals surface area contributed by atoms with Crippen LogP contribution >= 0.6 is 0 Å². The van der Waals surface area contributed by atoms with E-state index in [9.17, 15) is 0 Å². The van der Waals surface area contributed by atoms with Crippen LogP contribution in [0.2, 0.25) is 0 Å². The summed E-state index contributed by atoms with van der Waals surface area (Å²) < 4.78 is 0. The molecule has 0 radical (unpaired) electrons. The summed E-state index contributed by atoms with van der Waals surface area (Å²) in [6.07, 6.45) is 0. The van der Waals surface area contributed by atoms with E-state index in [2.05, 4.69) is 520 Å². The van der Waals surface area contributed by atoms with Crippen LogP contribution in [0, 0.1) is 41.5 Å². The summed E-state index contributed by atoms with van der Waals surface area (Å²) in [7, 11) is 0. The van der Waals surface area contributed by atoms with E-state index in [4.69, 9.17) is 0 Å². The van der Waals surface area contributed by atoms with Crippen molar-refractivity contribution in [2.24, 2.45) is 0 Å². The highest BCUT2D eigenvalue weighted by Gasteiger charge is 2.39. The van der Waals surface area contributed by atoms with Crippen molar-refractivity contribution in [3.05, 3.63) is 504 Å². The first-order valence-electron chi connectivity index (χ1n) is 50.1. The van der Waals surface area contributed by atoms with Gasteiger partial charge in [-0.3, -0.25) is 0 Å². The maximum absolute atomic E-state index is 2.46. The zero-order chi connectivity index (χ0) is 95.6. The Kier molecular flexibility index (Phi) is 20.5. The first-order chi connectivity index (χ1) is 68.6. The number of benzene rings is 24. The predicted molar refractivity (Wildman–Crippen MR) is 607 cm³/mol. The van der Waals surface area contributed by atoms with Crippen LogP contribution in [0.4, 0.5) is 0 Å². The zero-order valence-electron chi connectivity index (χ0n) is 82.1. The third-order valence-corrected chi connectivity index (χ3v) is 32.3. The van der Waals surface area contributed by atoms with E-state index in [0.717, 1.165) is 0 Å². The van der Waals surface area contributed by atoms with Crippen LogP contribution in [0.5, 0.6) is 0 Å². The molecule has 24 aromatic rings. The molecule has 672 valence electrons. The van der Waals surface area contributed by atoms with E-state index >= 15 is 0 Å². The molecule has 0 amide bonds. The highest BCUT2D eigenvalue weighted by Crippen LogP contribution is 2.57. The molecule has 0 heterocycles. The molecule has 0 spiro atoms. The van der Waals surface area contributed by atoms with Gasteiger partial charge in [0.05, 0.1) is 0 Å². The van der Waals surface area contributed by atoms with Gasteiger partial charge in [-0.25, -0.2) is 0 Å². The molecule has 0 aliphatic heterocycles. The van der Waals surface area contributed by atoms with Crippen molar-refractivity contribution in [1.82, 2.24) is 0 Å². The van der Waals surface area contributed by atoms with Crippen LogP contribution in [0.1, 0.15) is 108 Å². The van der Waals surface area contributed by atoms with Crippen LogP contribution in [0.3, 0.4) is 0 Å². The van der Waals surface area contributed by atoms with Crippen LogP contribution in [0.15, 0.2) is 437 Å². The van der Waals surface area contributed by atoms with Crippen LogP contribution in [-0.4, -0.2) is 0 Å². The van der Waals surface area contributed by atoms with Gasteiger partial charge in [0.15, 0.2) is 0 Å². The molecule has 141 heavy (non-hydrogen) atoms. The minimum Gasteiger partial charge on any atom is -0.0619 e. The van der Waals surface area contributed by atoms with Crippen molar-refractivity contribution in [2.45, 2.75) is 99.3 Å². The Hall–Kier alpha value is -16.4. The second-order valence-electron chi connectivity index (χ2n) is 41.5. The van der Waals surface area contributed by atoms with E-state index in [-0.39, 0.29) is 16.2 Å². The lowest BCUT2D eigenvalue weighted by molar-refractivity contribution is 0.660. The van der Waals surface area contributed by atoms with Gasteiger partial charge in [0, 0.05) is 16.2 Å². The molecular formula is C141H108. The highest BCUT2D eigenvalue weighted by atomic mass is 14.4. The standard InChI is InChI=1S/C48H38.C47H36.C46H34/c1-29-24-37(25-30(2)31(29)3)47-40-16-9-8-15-39(40)46(36-21-23-45-42(28-36)38-14-10-11-17-44(38)48(45,4)5)43-27-35(20-22-41(43)47)34-19-18-32-12-6-7-13-33(32)26-34;1-29-17-18-35(25-30(29)2)45-38-14-7-8-15-39(38)46(36-22-24-44-41(28-36)37-13-9-10-16-43(37)47(44,3)4)42-27-34(21-23-40(42)45)33-20-19-31-11-5-6-12-32(31)26-33;1-29-16-18-31(19-17-29)44-37-13-6-7-14-38(37)45(35-23-25-43-40(28-35)36-12-8-9-15-42(36)46(43,2)3)41-27-34(22-24-39(41)44)33-21-20-30-10-4-5-11-32(30)26-33/h6-28H,1-5H3;5-28H,1-4H3;4-28H,1-3H3. The van der Waals surface area contributed by atoms with Gasteiger partial charge in [-0.2, -0.15) is 0 Å². The van der Waals surface area contributed by atoms with Crippen molar-refractivity contribution >= 4 is 97.0 Å². The van der Waals surface area contributed by atoms with Gasteiger partial charge >= 0.3 is 0 Å². The minimum atomic E-state index is -0.0249. The van der Waals surface area contributed by atoms with Gasteiger partial charge in [-0.05, 0) is 388 Å². The lowest BCUT2D eigenvalue weighted by Gasteiger charge is -2.22. The SMILES string of the molecule is Cc1cc(-c2c3ccccc3c(-c3ccc4c(c3)-c3ccccc3C4(C)C)c3cc(-c4ccc5ccccc5c4)ccc23)cc(C)c1C.Cc1ccc(-c2c3ccccc3c(-c3ccc4c(c3)-c3ccccc3C4(C)C)c3cc(-c4ccc5ccccc5c4)ccc23)cc1.Cc1ccc(-c2c3ccccc3c(-c3ccc4c(c3)-c3ccccc3C4(C)C)c3cc(-c4ccc5ccccc5c4)ccc23)cc1C. The topological polar surface area (TPSA) is 0 Å². The van der Waals surface area contributed by atoms with Crippen molar-refractivity contribution < 1.29 is 0 Å².